The second-order valence-electron chi connectivity index (χ2n) is 4.84. The first-order chi connectivity index (χ1) is 11.2. The van der Waals surface area contributed by atoms with Crippen molar-refractivity contribution < 1.29 is 9.53 Å². The van der Waals surface area contributed by atoms with E-state index in [2.05, 4.69) is 26.3 Å². The van der Waals surface area contributed by atoms with Gasteiger partial charge in [-0.15, -0.1) is 0 Å². The third kappa shape index (κ3) is 3.60. The van der Waals surface area contributed by atoms with Crippen LogP contribution in [0.1, 0.15) is 10.4 Å². The number of methoxy groups -OCH3 is 1. The number of nitrogens with one attached hydrogen (secondary N) is 1. The third-order valence-corrected chi connectivity index (χ3v) is 3.74. The maximum absolute atomic E-state index is 12.3. The molecule has 0 bridgehead atoms. The van der Waals surface area contributed by atoms with E-state index in [1.54, 1.807) is 30.1 Å². The van der Waals surface area contributed by atoms with E-state index >= 15 is 0 Å². The Balaban J connectivity index is 1.78. The number of nitrogens with zero attached hydrogens (tertiary/aromatic N) is 2. The van der Waals surface area contributed by atoms with Crippen LogP contribution in [0.2, 0.25) is 0 Å². The lowest BCUT2D eigenvalue weighted by Crippen LogP contribution is -2.11. The summed E-state index contributed by atoms with van der Waals surface area (Å²) in [6, 6.07) is 14.9. The van der Waals surface area contributed by atoms with Crippen molar-refractivity contribution in [3.05, 3.63) is 71.0 Å². The average molecular weight is 372 g/mol. The van der Waals surface area contributed by atoms with Crippen LogP contribution in [0.4, 0.5) is 5.69 Å². The van der Waals surface area contributed by atoms with Crippen molar-refractivity contribution in [2.45, 2.75) is 0 Å². The van der Waals surface area contributed by atoms with E-state index in [9.17, 15) is 4.79 Å². The van der Waals surface area contributed by atoms with Crippen molar-refractivity contribution in [3.63, 3.8) is 0 Å². The molecule has 0 fully saturated rings. The summed E-state index contributed by atoms with van der Waals surface area (Å²) in [6.45, 7) is 0. The van der Waals surface area contributed by atoms with Gasteiger partial charge in [-0.25, -0.2) is 4.68 Å². The second kappa shape index (κ2) is 6.66. The summed E-state index contributed by atoms with van der Waals surface area (Å²) in [7, 11) is 1.59. The van der Waals surface area contributed by atoms with Crippen LogP contribution in [0.25, 0.3) is 5.69 Å². The zero-order valence-corrected chi connectivity index (χ0v) is 13.9. The summed E-state index contributed by atoms with van der Waals surface area (Å²) in [6.07, 6.45) is 3.23. The van der Waals surface area contributed by atoms with E-state index in [-0.39, 0.29) is 5.91 Å². The van der Waals surface area contributed by atoms with Crippen molar-refractivity contribution in [2.24, 2.45) is 0 Å². The number of ether oxygens (including phenoxy) is 1. The van der Waals surface area contributed by atoms with Gasteiger partial charge in [0.2, 0.25) is 0 Å². The molecule has 0 saturated heterocycles. The van der Waals surface area contributed by atoms with Crippen molar-refractivity contribution in [1.82, 2.24) is 9.78 Å². The number of carbonyl (C=O) groups excluding carboxylic acids is 1. The fraction of sp³-hybridized carbons (Fsp3) is 0.0588. The molecule has 116 valence electrons. The number of rotatable bonds is 4. The fourth-order valence-corrected chi connectivity index (χ4v) is 2.49. The lowest BCUT2D eigenvalue weighted by molar-refractivity contribution is 0.102. The highest BCUT2D eigenvalue weighted by Crippen LogP contribution is 2.18. The Hall–Kier alpha value is -2.60. The third-order valence-electron chi connectivity index (χ3n) is 3.25. The fourth-order valence-electron chi connectivity index (χ4n) is 2.10. The van der Waals surface area contributed by atoms with Crippen LogP contribution in [-0.4, -0.2) is 22.8 Å². The number of aromatic nitrogens is 2. The molecule has 0 unspecified atom stereocenters. The monoisotopic (exact) mass is 371 g/mol. The quantitative estimate of drug-likeness (QED) is 0.756. The van der Waals surface area contributed by atoms with Gasteiger partial charge in [0.05, 0.1) is 24.6 Å². The largest absolute Gasteiger partial charge is 0.497 e. The minimum absolute atomic E-state index is 0.223. The van der Waals surface area contributed by atoms with Crippen LogP contribution in [-0.2, 0) is 0 Å². The Morgan fingerprint density at radius 2 is 2.04 bits per heavy atom. The first kappa shape index (κ1) is 15.3. The summed E-state index contributed by atoms with van der Waals surface area (Å²) in [5, 5.41) is 7.06. The maximum atomic E-state index is 12.3. The maximum Gasteiger partial charge on any atom is 0.258 e. The van der Waals surface area contributed by atoms with Crippen molar-refractivity contribution in [3.8, 4) is 11.4 Å². The Morgan fingerprint density at radius 3 is 2.83 bits per heavy atom. The number of hydrogen-bond donors (Lipinski definition) is 1. The van der Waals surface area contributed by atoms with Crippen LogP contribution >= 0.6 is 15.9 Å². The molecule has 0 radical (unpaired) electrons. The molecular weight excluding hydrogens is 358 g/mol. The number of hydrogen-bond acceptors (Lipinski definition) is 3. The average Bonchev–Trinajstić information content (AvgIpc) is 3.05. The summed E-state index contributed by atoms with van der Waals surface area (Å²) in [5.41, 5.74) is 2.03. The van der Waals surface area contributed by atoms with E-state index in [0.717, 1.165) is 10.2 Å². The molecule has 1 heterocycles. The van der Waals surface area contributed by atoms with Crippen molar-refractivity contribution >= 4 is 27.5 Å². The van der Waals surface area contributed by atoms with Gasteiger partial charge in [-0.2, -0.15) is 5.10 Å². The van der Waals surface area contributed by atoms with Gasteiger partial charge in [0.25, 0.3) is 5.91 Å². The Bertz CT molecular complexity index is 845. The molecule has 5 nitrogen and oxygen atoms in total. The Labute approximate surface area is 142 Å². The van der Waals surface area contributed by atoms with Crippen LogP contribution < -0.4 is 10.1 Å². The molecule has 1 aromatic heterocycles. The molecule has 2 aromatic carbocycles. The molecule has 1 N–H and O–H groups in total. The van der Waals surface area contributed by atoms with Gasteiger partial charge in [-0.05, 0) is 30.3 Å². The van der Waals surface area contributed by atoms with E-state index in [1.165, 1.54) is 6.20 Å². The zero-order valence-electron chi connectivity index (χ0n) is 12.4. The molecule has 0 aliphatic rings. The van der Waals surface area contributed by atoms with Gasteiger partial charge in [-0.3, -0.25) is 4.79 Å². The molecule has 0 saturated carbocycles. The molecule has 3 aromatic rings. The van der Waals surface area contributed by atoms with Gasteiger partial charge < -0.3 is 10.1 Å². The Kier molecular flexibility index (Phi) is 4.43. The first-order valence-corrected chi connectivity index (χ1v) is 7.71. The second-order valence-corrected chi connectivity index (χ2v) is 5.76. The predicted octanol–water partition coefficient (Wildman–Crippen LogP) is 3.90. The van der Waals surface area contributed by atoms with Crippen LogP contribution in [0.15, 0.2) is 65.4 Å². The number of amides is 1. The highest BCUT2D eigenvalue weighted by Gasteiger charge is 2.10. The van der Waals surface area contributed by atoms with Crippen molar-refractivity contribution in [1.29, 1.82) is 0 Å². The van der Waals surface area contributed by atoms with Gasteiger partial charge >= 0.3 is 0 Å². The van der Waals surface area contributed by atoms with E-state index in [0.29, 0.717) is 17.0 Å². The molecule has 0 atom stereocenters. The normalized spacial score (nSPS) is 10.3. The summed E-state index contributed by atoms with van der Waals surface area (Å²) in [5.74, 6) is 0.465. The Morgan fingerprint density at radius 1 is 1.22 bits per heavy atom. The van der Waals surface area contributed by atoms with E-state index in [1.807, 2.05) is 36.4 Å². The van der Waals surface area contributed by atoms with E-state index < -0.39 is 0 Å². The minimum atomic E-state index is -0.223. The zero-order chi connectivity index (χ0) is 16.2. The molecule has 0 aliphatic heterocycles. The smallest absolute Gasteiger partial charge is 0.258 e. The molecular formula is C17H14BrN3O2. The SMILES string of the molecule is COc1cccc(NC(=O)c2cnn(-c3cccc(Br)c3)c2)c1. The van der Waals surface area contributed by atoms with Crippen LogP contribution in [0.5, 0.6) is 5.75 Å². The van der Waals surface area contributed by atoms with Gasteiger partial charge in [0.15, 0.2) is 0 Å². The topological polar surface area (TPSA) is 56.1 Å². The summed E-state index contributed by atoms with van der Waals surface area (Å²) in [4.78, 5) is 12.3. The highest BCUT2D eigenvalue weighted by atomic mass is 79.9. The summed E-state index contributed by atoms with van der Waals surface area (Å²) < 4.78 is 7.75. The molecule has 23 heavy (non-hydrogen) atoms. The lowest BCUT2D eigenvalue weighted by Gasteiger charge is -2.05. The molecule has 3 rings (SSSR count). The van der Waals surface area contributed by atoms with Crippen molar-refractivity contribution in [2.75, 3.05) is 12.4 Å². The number of benzene rings is 2. The number of anilines is 1. The van der Waals surface area contributed by atoms with Crippen LogP contribution in [0.3, 0.4) is 0 Å². The van der Waals surface area contributed by atoms with Crippen LogP contribution in [0, 0.1) is 0 Å². The molecule has 6 heteroatoms. The van der Waals surface area contributed by atoms with E-state index in [4.69, 9.17) is 4.74 Å². The van der Waals surface area contributed by atoms with Gasteiger partial charge in [0.1, 0.15) is 5.75 Å². The lowest BCUT2D eigenvalue weighted by atomic mass is 10.2. The molecule has 0 aliphatic carbocycles. The molecule has 0 spiro atoms. The minimum Gasteiger partial charge on any atom is -0.497 e. The van der Waals surface area contributed by atoms with Gasteiger partial charge in [0, 0.05) is 22.4 Å². The summed E-state index contributed by atoms with van der Waals surface area (Å²) >= 11 is 3.42. The predicted molar refractivity (Wildman–Crippen MR) is 92.2 cm³/mol. The molecule has 1 amide bonds. The number of carbonyl (C=O) groups is 1. The standard InChI is InChI=1S/C17H14BrN3O2/c1-23-16-7-3-5-14(9-16)20-17(22)12-10-19-21(11-12)15-6-2-4-13(18)8-15/h2-11H,1H3,(H,20,22). The number of halogens is 1. The first-order valence-electron chi connectivity index (χ1n) is 6.92. The highest BCUT2D eigenvalue weighted by molar-refractivity contribution is 9.10. The van der Waals surface area contributed by atoms with Gasteiger partial charge in [-0.1, -0.05) is 28.1 Å².